The molecule has 5 rings (SSSR count). The summed E-state index contributed by atoms with van der Waals surface area (Å²) in [5.74, 6) is 2.33. The van der Waals surface area contributed by atoms with Crippen molar-refractivity contribution in [3.05, 3.63) is 48.9 Å². The molecule has 0 radical (unpaired) electrons. The summed E-state index contributed by atoms with van der Waals surface area (Å²) < 4.78 is 6.97. The van der Waals surface area contributed by atoms with E-state index in [0.29, 0.717) is 38.7 Å². The van der Waals surface area contributed by atoms with Crippen molar-refractivity contribution in [3.63, 3.8) is 0 Å². The molecule has 2 aliphatic heterocycles. The van der Waals surface area contributed by atoms with Crippen molar-refractivity contribution in [1.82, 2.24) is 35.0 Å². The third kappa shape index (κ3) is 4.31. The van der Waals surface area contributed by atoms with Crippen LogP contribution in [0.5, 0.6) is 0 Å². The monoisotopic (exact) mass is 421 g/mol. The van der Waals surface area contributed by atoms with Crippen LogP contribution in [0.3, 0.4) is 0 Å². The van der Waals surface area contributed by atoms with Crippen LogP contribution < -0.4 is 15.1 Å². The van der Waals surface area contributed by atoms with Crippen LogP contribution in [0.25, 0.3) is 5.82 Å². The second-order valence-corrected chi connectivity index (χ2v) is 7.52. The summed E-state index contributed by atoms with van der Waals surface area (Å²) in [6.07, 6.45) is 6.33. The molecule has 1 amide bonds. The minimum atomic E-state index is -0.0645. The van der Waals surface area contributed by atoms with Crippen LogP contribution in [0.2, 0.25) is 0 Å². The van der Waals surface area contributed by atoms with Gasteiger partial charge < -0.3 is 19.9 Å². The number of hydrogen-bond acceptors (Lipinski definition) is 9. The van der Waals surface area contributed by atoms with E-state index in [1.165, 1.54) is 12.7 Å². The summed E-state index contributed by atoms with van der Waals surface area (Å²) in [4.78, 5) is 33.7. The van der Waals surface area contributed by atoms with E-state index in [1.807, 2.05) is 18.2 Å². The Kier molecular flexibility index (Phi) is 5.40. The minimum Gasteiger partial charge on any atom is -0.378 e. The highest BCUT2D eigenvalue weighted by molar-refractivity contribution is 5.81. The Balaban J connectivity index is 1.13. The largest absolute Gasteiger partial charge is 0.378 e. The second-order valence-electron chi connectivity index (χ2n) is 7.52. The van der Waals surface area contributed by atoms with Crippen molar-refractivity contribution in [3.8, 4) is 5.82 Å². The highest BCUT2D eigenvalue weighted by Crippen LogP contribution is 2.24. The number of nitrogens with zero attached hydrogens (tertiary/aromatic N) is 8. The number of morpholine rings is 1. The molecule has 0 atom stereocenters. The van der Waals surface area contributed by atoms with Crippen molar-refractivity contribution in [2.24, 2.45) is 5.92 Å². The maximum absolute atomic E-state index is 12.6. The van der Waals surface area contributed by atoms with Gasteiger partial charge in [0.2, 0.25) is 5.91 Å². The first kappa shape index (κ1) is 19.4. The molecule has 31 heavy (non-hydrogen) atoms. The fraction of sp³-hybridized carbons (Fsp3) is 0.400. The maximum atomic E-state index is 12.6. The molecule has 3 aromatic rings. The molecule has 0 saturated carbocycles. The van der Waals surface area contributed by atoms with Gasteiger partial charge in [0.1, 0.15) is 30.6 Å². The lowest BCUT2D eigenvalue weighted by Crippen LogP contribution is -2.54. The number of hydrogen-bond donors (Lipinski definition) is 1. The van der Waals surface area contributed by atoms with Gasteiger partial charge in [-0.15, -0.1) is 0 Å². The van der Waals surface area contributed by atoms with E-state index in [-0.39, 0.29) is 11.8 Å². The van der Waals surface area contributed by atoms with E-state index in [1.54, 1.807) is 17.2 Å². The van der Waals surface area contributed by atoms with Crippen molar-refractivity contribution in [2.75, 3.05) is 49.2 Å². The van der Waals surface area contributed by atoms with Crippen LogP contribution in [0.1, 0.15) is 5.56 Å². The molecule has 2 aliphatic rings. The average molecular weight is 421 g/mol. The predicted molar refractivity (Wildman–Crippen MR) is 112 cm³/mol. The van der Waals surface area contributed by atoms with E-state index in [2.05, 4.69) is 40.2 Å². The highest BCUT2D eigenvalue weighted by Gasteiger charge is 2.33. The zero-order valence-corrected chi connectivity index (χ0v) is 17.0. The second kappa shape index (κ2) is 8.64. The molecular formula is C20H23N9O2. The summed E-state index contributed by atoms with van der Waals surface area (Å²) in [6.45, 7) is 4.83. The number of aromatic nitrogens is 6. The van der Waals surface area contributed by atoms with Crippen molar-refractivity contribution >= 4 is 17.5 Å². The van der Waals surface area contributed by atoms with E-state index in [4.69, 9.17) is 4.74 Å². The molecule has 0 aromatic carbocycles. The third-order valence-corrected chi connectivity index (χ3v) is 5.48. The fourth-order valence-corrected chi connectivity index (χ4v) is 3.66. The Morgan fingerprint density at radius 1 is 1.03 bits per heavy atom. The van der Waals surface area contributed by atoms with E-state index in [9.17, 15) is 4.79 Å². The SMILES string of the molecule is O=C(NCc1ccnc(N2CCOCC2)c1)C1CN(c2cc(-n3cncn3)ncn2)C1. The molecule has 0 unspecified atom stereocenters. The van der Waals surface area contributed by atoms with Crippen LogP contribution in [0.15, 0.2) is 43.4 Å². The Bertz CT molecular complexity index is 1030. The van der Waals surface area contributed by atoms with Gasteiger partial charge in [-0.25, -0.2) is 24.6 Å². The molecule has 0 aliphatic carbocycles. The van der Waals surface area contributed by atoms with E-state index in [0.717, 1.165) is 30.3 Å². The van der Waals surface area contributed by atoms with Crippen molar-refractivity contribution in [2.45, 2.75) is 6.54 Å². The number of ether oxygens (including phenoxy) is 1. The zero-order chi connectivity index (χ0) is 21.0. The molecule has 0 spiro atoms. The Hall–Kier alpha value is -3.60. The molecule has 0 bridgehead atoms. The highest BCUT2D eigenvalue weighted by atomic mass is 16.5. The Morgan fingerprint density at radius 2 is 1.84 bits per heavy atom. The van der Waals surface area contributed by atoms with Crippen molar-refractivity contribution < 1.29 is 9.53 Å². The molecule has 5 heterocycles. The van der Waals surface area contributed by atoms with Gasteiger partial charge in [0.25, 0.3) is 0 Å². The fourth-order valence-electron chi connectivity index (χ4n) is 3.66. The normalized spacial score (nSPS) is 16.8. The molecule has 3 aromatic heterocycles. The first-order valence-corrected chi connectivity index (χ1v) is 10.2. The van der Waals surface area contributed by atoms with Gasteiger partial charge in [0.15, 0.2) is 5.82 Å². The minimum absolute atomic E-state index is 0.0477. The number of amides is 1. The third-order valence-electron chi connectivity index (χ3n) is 5.48. The van der Waals surface area contributed by atoms with Crippen LogP contribution in [0.4, 0.5) is 11.6 Å². The topological polar surface area (TPSA) is 114 Å². The number of anilines is 2. The van der Waals surface area contributed by atoms with Gasteiger partial charge >= 0.3 is 0 Å². The Labute approximate surface area is 179 Å². The number of rotatable bonds is 6. The number of carbonyl (C=O) groups excluding carboxylic acids is 1. The number of nitrogens with one attached hydrogen (secondary N) is 1. The average Bonchev–Trinajstić information content (AvgIpc) is 3.33. The van der Waals surface area contributed by atoms with Crippen LogP contribution in [0, 0.1) is 5.92 Å². The summed E-state index contributed by atoms with van der Waals surface area (Å²) in [7, 11) is 0. The van der Waals surface area contributed by atoms with Gasteiger partial charge in [-0.1, -0.05) is 0 Å². The smallest absolute Gasteiger partial charge is 0.226 e. The quantitative estimate of drug-likeness (QED) is 0.589. The van der Waals surface area contributed by atoms with Crippen LogP contribution in [-0.2, 0) is 16.1 Å². The first-order chi connectivity index (χ1) is 15.3. The van der Waals surface area contributed by atoms with Crippen molar-refractivity contribution in [1.29, 1.82) is 0 Å². The first-order valence-electron chi connectivity index (χ1n) is 10.2. The lowest BCUT2D eigenvalue weighted by Gasteiger charge is -2.39. The van der Waals surface area contributed by atoms with E-state index < -0.39 is 0 Å². The van der Waals surface area contributed by atoms with Gasteiger partial charge in [-0.3, -0.25) is 4.79 Å². The standard InChI is InChI=1S/C20H23N9O2/c30-20(23-9-15-1-2-22-17(7-15)27-3-5-31-6-4-27)16-10-28(11-16)18-8-19(25-13-24-18)29-14-21-12-26-29/h1-2,7-8,12-14,16H,3-6,9-11H2,(H,23,30). The maximum Gasteiger partial charge on any atom is 0.226 e. The van der Waals surface area contributed by atoms with Gasteiger partial charge in [-0.05, 0) is 17.7 Å². The lowest BCUT2D eigenvalue weighted by molar-refractivity contribution is -0.125. The van der Waals surface area contributed by atoms with Gasteiger partial charge in [-0.2, -0.15) is 5.10 Å². The summed E-state index contributed by atoms with van der Waals surface area (Å²) in [5, 5.41) is 7.13. The molecular weight excluding hydrogens is 398 g/mol. The summed E-state index contributed by atoms with van der Waals surface area (Å²) in [6, 6.07) is 5.81. The molecule has 1 N–H and O–H groups in total. The number of carbonyl (C=O) groups is 1. The molecule has 160 valence electrons. The van der Waals surface area contributed by atoms with E-state index >= 15 is 0 Å². The predicted octanol–water partition coefficient (Wildman–Crippen LogP) is 0.0415. The summed E-state index contributed by atoms with van der Waals surface area (Å²) >= 11 is 0. The lowest BCUT2D eigenvalue weighted by atomic mass is 9.99. The Morgan fingerprint density at radius 3 is 2.65 bits per heavy atom. The number of pyridine rings is 1. The summed E-state index contributed by atoms with van der Waals surface area (Å²) in [5.41, 5.74) is 1.04. The zero-order valence-electron chi connectivity index (χ0n) is 17.0. The van der Waals surface area contributed by atoms with Gasteiger partial charge in [0.05, 0.1) is 19.1 Å². The molecule has 2 saturated heterocycles. The molecule has 2 fully saturated rings. The van der Waals surface area contributed by atoms with Crippen LogP contribution >= 0.6 is 0 Å². The van der Waals surface area contributed by atoms with Crippen LogP contribution in [-0.4, -0.2) is 75.0 Å². The molecule has 11 nitrogen and oxygen atoms in total. The molecule has 11 heteroatoms. The van der Waals surface area contributed by atoms with Gasteiger partial charge in [0, 0.05) is 45.0 Å².